The Hall–Kier alpha value is -3.17. The summed E-state index contributed by atoms with van der Waals surface area (Å²) in [6.45, 7) is 0.712. The lowest BCUT2D eigenvalue weighted by atomic mass is 9.99. The Balaban J connectivity index is 0.00000420. The van der Waals surface area contributed by atoms with Gasteiger partial charge in [-0.05, 0) is 59.5 Å². The summed E-state index contributed by atoms with van der Waals surface area (Å²) in [5.41, 5.74) is 9.70. The van der Waals surface area contributed by atoms with Crippen molar-refractivity contribution in [3.63, 3.8) is 0 Å². The number of carbonyl (C=O) groups is 1. The fourth-order valence-corrected chi connectivity index (χ4v) is 5.03. The smallest absolute Gasteiger partial charge is 0.276 e. The number of hydrogen-bond acceptors (Lipinski definition) is 5. The third kappa shape index (κ3) is 8.16. The topological polar surface area (TPSA) is 81.2 Å². The molecule has 0 bridgehead atoms. The molecule has 1 heterocycles. The summed E-state index contributed by atoms with van der Waals surface area (Å²) in [4.78, 5) is 31.8. The number of benzene rings is 3. The first-order chi connectivity index (χ1) is 18.3. The summed E-state index contributed by atoms with van der Waals surface area (Å²) in [5.74, 6) is 0.0245. The van der Waals surface area contributed by atoms with Crippen molar-refractivity contribution in [2.75, 3.05) is 13.6 Å². The first-order valence-corrected chi connectivity index (χ1v) is 13.5. The minimum atomic E-state index is -0.356. The van der Waals surface area contributed by atoms with E-state index in [2.05, 4.69) is 4.98 Å². The number of thioether (sulfide) groups is 1. The zero-order valence-electron chi connectivity index (χ0n) is 21.3. The molecule has 0 aliphatic heterocycles. The van der Waals surface area contributed by atoms with Gasteiger partial charge in [0.2, 0.25) is 5.91 Å². The molecule has 0 aliphatic rings. The molecule has 10 heteroatoms. The van der Waals surface area contributed by atoms with Gasteiger partial charge in [0.1, 0.15) is 12.4 Å². The molecule has 4 rings (SSSR count). The molecule has 2 N–H and O–H groups in total. The summed E-state index contributed by atoms with van der Waals surface area (Å²) in [6.07, 6.45) is 2.04. The average molecular weight is 588 g/mol. The Morgan fingerprint density at radius 1 is 1.05 bits per heavy atom. The van der Waals surface area contributed by atoms with Crippen molar-refractivity contribution in [2.24, 2.45) is 5.73 Å². The molecule has 0 aliphatic carbocycles. The number of nitrogens with zero attached hydrogens (tertiary/aromatic N) is 3. The zero-order chi connectivity index (χ0) is 27.1. The minimum absolute atomic E-state index is 0. The van der Waals surface area contributed by atoms with Crippen LogP contribution in [0.3, 0.4) is 0 Å². The lowest BCUT2D eigenvalue weighted by Crippen LogP contribution is -2.32. The fraction of sp³-hybridized carbons (Fsp3) is 0.207. The van der Waals surface area contributed by atoms with Crippen molar-refractivity contribution in [2.45, 2.75) is 30.4 Å². The maximum atomic E-state index is 13.3. The number of nitrogens with two attached hydrogens (primary N) is 1. The number of rotatable bonds is 10. The van der Waals surface area contributed by atoms with Crippen LogP contribution in [0.15, 0.2) is 88.9 Å². The monoisotopic (exact) mass is 586 g/mol. The van der Waals surface area contributed by atoms with E-state index in [1.54, 1.807) is 34.8 Å². The van der Waals surface area contributed by atoms with Crippen LogP contribution < -0.4 is 11.3 Å². The molecular weight excluding hydrogens is 558 g/mol. The Labute approximate surface area is 242 Å². The Morgan fingerprint density at radius 3 is 2.44 bits per heavy atom. The highest BCUT2D eigenvalue weighted by atomic mass is 35.5. The molecule has 0 saturated heterocycles. The molecule has 0 atom stereocenters. The second-order valence-electron chi connectivity index (χ2n) is 8.85. The quantitative estimate of drug-likeness (QED) is 0.194. The van der Waals surface area contributed by atoms with Gasteiger partial charge in [-0.3, -0.25) is 9.59 Å². The number of carbonyl (C=O) groups excluding carboxylic acids is 1. The molecule has 1 amide bonds. The van der Waals surface area contributed by atoms with Crippen molar-refractivity contribution in [3.05, 3.63) is 117 Å². The van der Waals surface area contributed by atoms with Crippen LogP contribution in [0.5, 0.6) is 0 Å². The van der Waals surface area contributed by atoms with Gasteiger partial charge >= 0.3 is 0 Å². The summed E-state index contributed by atoms with van der Waals surface area (Å²) in [7, 11) is 1.75. The van der Waals surface area contributed by atoms with Gasteiger partial charge < -0.3 is 15.2 Å². The molecule has 1 aromatic heterocycles. The Kier molecular flexibility index (Phi) is 11.1. The van der Waals surface area contributed by atoms with E-state index in [1.165, 1.54) is 23.9 Å². The lowest BCUT2D eigenvalue weighted by Gasteiger charge is -2.21. The van der Waals surface area contributed by atoms with Crippen LogP contribution in [0.2, 0.25) is 5.02 Å². The van der Waals surface area contributed by atoms with Gasteiger partial charge in [-0.15, -0.1) is 12.4 Å². The highest BCUT2D eigenvalue weighted by molar-refractivity contribution is 7.98. The van der Waals surface area contributed by atoms with Crippen LogP contribution >= 0.6 is 35.8 Å². The highest BCUT2D eigenvalue weighted by Crippen LogP contribution is 2.26. The molecule has 0 radical (unpaired) electrons. The van der Waals surface area contributed by atoms with Gasteiger partial charge in [-0.2, -0.15) is 4.98 Å². The molecule has 204 valence electrons. The van der Waals surface area contributed by atoms with Crippen LogP contribution in [0.4, 0.5) is 4.39 Å². The van der Waals surface area contributed by atoms with E-state index in [0.29, 0.717) is 41.0 Å². The van der Waals surface area contributed by atoms with Gasteiger partial charge in [-0.1, -0.05) is 71.9 Å². The normalized spacial score (nSPS) is 10.7. The SMILES string of the molecule is CN(Cc1ccccc1-c1ccc(Cl)cc1)C(=O)Cn1cc(CCN)c(=O)nc1SCc1ccc(F)cc1.Cl. The lowest BCUT2D eigenvalue weighted by molar-refractivity contribution is -0.131. The standard InChI is InChI=1S/C29H28ClFN4O2S.ClH/c1-34(16-22-4-2-3-5-26(22)21-8-10-24(30)11-9-21)27(36)18-35-17-23(14-15-32)28(37)33-29(35)38-19-20-6-12-25(31)13-7-20;/h2-13,17H,14-16,18-19,32H2,1H3;1H. The van der Waals surface area contributed by atoms with E-state index >= 15 is 0 Å². The van der Waals surface area contributed by atoms with Crippen LogP contribution in [-0.4, -0.2) is 34.0 Å². The number of amides is 1. The molecule has 39 heavy (non-hydrogen) atoms. The van der Waals surface area contributed by atoms with Gasteiger partial charge in [-0.25, -0.2) is 4.39 Å². The number of likely N-dealkylation sites (N-methyl/N-ethyl adjacent to an activating group) is 1. The van der Waals surface area contributed by atoms with Crippen LogP contribution in [0.1, 0.15) is 16.7 Å². The number of halogens is 3. The zero-order valence-corrected chi connectivity index (χ0v) is 23.7. The summed E-state index contributed by atoms with van der Waals surface area (Å²) in [6, 6.07) is 21.7. The molecule has 6 nitrogen and oxygen atoms in total. The predicted octanol–water partition coefficient (Wildman–Crippen LogP) is 5.58. The molecule has 3 aromatic carbocycles. The van der Waals surface area contributed by atoms with Crippen molar-refractivity contribution >= 4 is 41.7 Å². The van der Waals surface area contributed by atoms with Gasteiger partial charge in [0, 0.05) is 36.1 Å². The molecule has 0 unspecified atom stereocenters. The first-order valence-electron chi connectivity index (χ1n) is 12.1. The average Bonchev–Trinajstić information content (AvgIpc) is 2.91. The third-order valence-electron chi connectivity index (χ3n) is 6.04. The molecule has 4 aromatic rings. The van der Waals surface area contributed by atoms with Crippen LogP contribution in [-0.2, 0) is 30.1 Å². The number of aromatic nitrogens is 2. The third-order valence-corrected chi connectivity index (χ3v) is 7.35. The van der Waals surface area contributed by atoms with Gasteiger partial charge in [0.05, 0.1) is 0 Å². The van der Waals surface area contributed by atoms with E-state index in [4.69, 9.17) is 17.3 Å². The van der Waals surface area contributed by atoms with Crippen molar-refractivity contribution in [1.82, 2.24) is 14.5 Å². The van der Waals surface area contributed by atoms with Gasteiger partial charge in [0.25, 0.3) is 5.56 Å². The summed E-state index contributed by atoms with van der Waals surface area (Å²) >= 11 is 7.38. The Morgan fingerprint density at radius 2 is 1.74 bits per heavy atom. The van der Waals surface area contributed by atoms with Crippen LogP contribution in [0.25, 0.3) is 11.1 Å². The predicted molar refractivity (Wildman–Crippen MR) is 158 cm³/mol. The van der Waals surface area contributed by atoms with Gasteiger partial charge in [0.15, 0.2) is 5.16 Å². The molecule has 0 saturated carbocycles. The fourth-order valence-electron chi connectivity index (χ4n) is 3.98. The van der Waals surface area contributed by atoms with E-state index < -0.39 is 0 Å². The largest absolute Gasteiger partial charge is 0.340 e. The van der Waals surface area contributed by atoms with Crippen molar-refractivity contribution in [1.29, 1.82) is 0 Å². The van der Waals surface area contributed by atoms with E-state index in [9.17, 15) is 14.0 Å². The first kappa shape index (κ1) is 30.4. The highest BCUT2D eigenvalue weighted by Gasteiger charge is 2.17. The number of hydrogen-bond donors (Lipinski definition) is 1. The van der Waals surface area contributed by atoms with E-state index in [1.807, 2.05) is 48.5 Å². The van der Waals surface area contributed by atoms with Crippen molar-refractivity contribution in [3.8, 4) is 11.1 Å². The second kappa shape index (κ2) is 14.3. The molecule has 0 fully saturated rings. The van der Waals surface area contributed by atoms with E-state index in [-0.39, 0.29) is 36.2 Å². The summed E-state index contributed by atoms with van der Waals surface area (Å²) in [5, 5.41) is 1.08. The maximum Gasteiger partial charge on any atom is 0.276 e. The second-order valence-corrected chi connectivity index (χ2v) is 10.2. The maximum absolute atomic E-state index is 13.3. The van der Waals surface area contributed by atoms with Crippen molar-refractivity contribution < 1.29 is 9.18 Å². The van der Waals surface area contributed by atoms with E-state index in [0.717, 1.165) is 22.3 Å². The minimum Gasteiger partial charge on any atom is -0.340 e. The molecular formula is C29H29Cl2FN4O2S. The Bertz CT molecular complexity index is 1460. The molecule has 0 spiro atoms. The van der Waals surface area contributed by atoms with Crippen LogP contribution in [0, 0.1) is 5.82 Å². The summed E-state index contributed by atoms with van der Waals surface area (Å²) < 4.78 is 15.0.